The molecule has 0 saturated heterocycles. The van der Waals surface area contributed by atoms with E-state index in [1.54, 1.807) is 0 Å². The van der Waals surface area contributed by atoms with Crippen LogP contribution in [0.5, 0.6) is 0 Å². The largest absolute Gasteiger partial charge is 0.334 e. The Morgan fingerprint density at radius 2 is 1.03 bits per heavy atom. The molecule has 0 heterocycles. The van der Waals surface area contributed by atoms with Crippen molar-refractivity contribution in [1.82, 2.24) is 10.2 Å². The number of amides is 1. The maximum atomic E-state index is 13.6. The number of carbonyl (C=O) groups excluding carboxylic acids is 1. The highest BCUT2D eigenvalue weighted by Crippen LogP contribution is 2.21. The Balaban J connectivity index is 1.52. The molecule has 33 heavy (non-hydrogen) atoms. The van der Waals surface area contributed by atoms with Crippen LogP contribution in [0.2, 0.25) is 0 Å². The van der Waals surface area contributed by atoms with Crippen LogP contribution in [0.4, 0.5) is 0 Å². The van der Waals surface area contributed by atoms with Crippen LogP contribution in [0, 0.1) is 0 Å². The molecule has 0 saturated carbocycles. The molecule has 4 aromatic carbocycles. The maximum Gasteiger partial charge on any atom is 0.225 e. The van der Waals surface area contributed by atoms with Gasteiger partial charge in [-0.15, -0.1) is 0 Å². The van der Waals surface area contributed by atoms with E-state index in [0.717, 1.165) is 16.7 Å². The Labute approximate surface area is 196 Å². The quantitative estimate of drug-likeness (QED) is 0.325. The second-order valence-corrected chi connectivity index (χ2v) is 8.25. The van der Waals surface area contributed by atoms with Gasteiger partial charge in [0.25, 0.3) is 0 Å². The molecule has 1 N–H and O–H groups in total. The lowest BCUT2D eigenvalue weighted by Gasteiger charge is -2.26. The number of rotatable bonds is 10. The van der Waals surface area contributed by atoms with Crippen LogP contribution in [-0.4, -0.2) is 10.8 Å². The van der Waals surface area contributed by atoms with Gasteiger partial charge < -0.3 is 10.2 Å². The summed E-state index contributed by atoms with van der Waals surface area (Å²) in [4.78, 5) is 15.6. The van der Waals surface area contributed by atoms with E-state index in [0.29, 0.717) is 26.1 Å². The average Bonchev–Trinajstić information content (AvgIpc) is 2.88. The molecule has 4 aromatic rings. The van der Waals surface area contributed by atoms with E-state index >= 15 is 0 Å². The molecule has 4 rings (SSSR count). The maximum absolute atomic E-state index is 13.6. The van der Waals surface area contributed by atoms with Crippen LogP contribution in [0.3, 0.4) is 0 Å². The molecule has 1 atom stereocenters. The lowest BCUT2D eigenvalue weighted by atomic mass is 10.0. The summed E-state index contributed by atoms with van der Waals surface area (Å²) in [5.74, 6) is 0.136. The van der Waals surface area contributed by atoms with E-state index in [1.165, 1.54) is 5.56 Å². The Kier molecular flexibility index (Phi) is 8.04. The normalized spacial score (nSPS) is 11.6. The fraction of sp³-hybridized carbons (Fsp3) is 0.167. The monoisotopic (exact) mass is 434 g/mol. The van der Waals surface area contributed by atoms with Crippen LogP contribution in [-0.2, 0) is 24.4 Å². The first-order chi connectivity index (χ1) is 16.3. The van der Waals surface area contributed by atoms with Crippen LogP contribution >= 0.6 is 0 Å². The van der Waals surface area contributed by atoms with Gasteiger partial charge in [-0.25, -0.2) is 0 Å². The van der Waals surface area contributed by atoms with Crippen molar-refractivity contribution in [2.24, 2.45) is 0 Å². The van der Waals surface area contributed by atoms with Crippen molar-refractivity contribution < 1.29 is 4.79 Å². The molecule has 0 aliphatic rings. The molecule has 0 fully saturated rings. The van der Waals surface area contributed by atoms with Crippen LogP contribution in [0.25, 0.3) is 0 Å². The lowest BCUT2D eigenvalue weighted by Crippen LogP contribution is -2.34. The Bertz CT molecular complexity index is 1060. The van der Waals surface area contributed by atoms with Crippen molar-refractivity contribution in [3.8, 4) is 0 Å². The minimum Gasteiger partial charge on any atom is -0.334 e. The smallest absolute Gasteiger partial charge is 0.225 e. The van der Waals surface area contributed by atoms with E-state index in [9.17, 15) is 4.79 Å². The minimum absolute atomic E-state index is 0.0621. The molecular formula is C30H30N2O. The van der Waals surface area contributed by atoms with E-state index in [4.69, 9.17) is 0 Å². The Hall–Kier alpha value is -3.69. The third-order valence-corrected chi connectivity index (χ3v) is 5.76. The summed E-state index contributed by atoms with van der Waals surface area (Å²) < 4.78 is 0. The highest BCUT2D eigenvalue weighted by Gasteiger charge is 2.21. The molecule has 0 bridgehead atoms. The van der Waals surface area contributed by atoms with E-state index in [1.807, 2.05) is 77.7 Å². The molecular weight excluding hydrogens is 404 g/mol. The number of carbonyl (C=O) groups is 1. The highest BCUT2D eigenvalue weighted by atomic mass is 16.2. The second kappa shape index (κ2) is 11.8. The van der Waals surface area contributed by atoms with E-state index in [-0.39, 0.29) is 11.9 Å². The van der Waals surface area contributed by atoms with Crippen molar-refractivity contribution in [3.63, 3.8) is 0 Å². The molecule has 1 unspecified atom stereocenters. The molecule has 0 aliphatic heterocycles. The molecule has 3 heteroatoms. The SMILES string of the molecule is O=C(CC(NCc1ccccc1)c1ccccc1)N(Cc1ccccc1)Cc1ccccc1. The number of hydrogen-bond donors (Lipinski definition) is 1. The summed E-state index contributed by atoms with van der Waals surface area (Å²) in [5, 5.41) is 3.62. The predicted octanol–water partition coefficient (Wildman–Crippen LogP) is 6.14. The summed E-state index contributed by atoms with van der Waals surface area (Å²) in [6.45, 7) is 1.90. The Morgan fingerprint density at radius 1 is 0.606 bits per heavy atom. The third-order valence-electron chi connectivity index (χ3n) is 5.76. The van der Waals surface area contributed by atoms with Crippen LogP contribution in [0.15, 0.2) is 121 Å². The summed E-state index contributed by atoms with van der Waals surface area (Å²) in [7, 11) is 0. The summed E-state index contributed by atoms with van der Waals surface area (Å²) >= 11 is 0. The molecule has 0 spiro atoms. The van der Waals surface area contributed by atoms with Crippen molar-refractivity contribution in [3.05, 3.63) is 144 Å². The van der Waals surface area contributed by atoms with Crippen molar-refractivity contribution in [1.29, 1.82) is 0 Å². The first kappa shape index (κ1) is 22.5. The van der Waals surface area contributed by atoms with Gasteiger partial charge in [-0.2, -0.15) is 0 Å². The van der Waals surface area contributed by atoms with Gasteiger partial charge in [0.1, 0.15) is 0 Å². The van der Waals surface area contributed by atoms with Crippen molar-refractivity contribution in [2.45, 2.75) is 32.1 Å². The highest BCUT2D eigenvalue weighted by molar-refractivity contribution is 5.77. The van der Waals surface area contributed by atoms with Gasteiger partial charge in [0.05, 0.1) is 0 Å². The van der Waals surface area contributed by atoms with Crippen LogP contribution < -0.4 is 5.32 Å². The number of benzene rings is 4. The van der Waals surface area contributed by atoms with Gasteiger partial charge in [-0.3, -0.25) is 4.79 Å². The van der Waals surface area contributed by atoms with Crippen LogP contribution in [0.1, 0.15) is 34.7 Å². The van der Waals surface area contributed by atoms with Gasteiger partial charge in [-0.1, -0.05) is 121 Å². The predicted molar refractivity (Wildman–Crippen MR) is 134 cm³/mol. The number of nitrogens with one attached hydrogen (secondary N) is 1. The molecule has 166 valence electrons. The van der Waals surface area contributed by atoms with Crippen molar-refractivity contribution >= 4 is 5.91 Å². The molecule has 0 aliphatic carbocycles. The van der Waals surface area contributed by atoms with E-state index in [2.05, 4.69) is 53.8 Å². The molecule has 3 nitrogen and oxygen atoms in total. The zero-order valence-electron chi connectivity index (χ0n) is 18.8. The minimum atomic E-state index is -0.0621. The third kappa shape index (κ3) is 6.90. The second-order valence-electron chi connectivity index (χ2n) is 8.25. The lowest BCUT2D eigenvalue weighted by molar-refractivity contribution is -0.133. The van der Waals surface area contributed by atoms with Gasteiger partial charge in [0, 0.05) is 32.1 Å². The summed E-state index contributed by atoms with van der Waals surface area (Å²) in [6.07, 6.45) is 0.399. The van der Waals surface area contributed by atoms with Crippen molar-refractivity contribution in [2.75, 3.05) is 0 Å². The standard InChI is InChI=1S/C30H30N2O/c33-30(32(23-26-15-7-2-8-16-26)24-27-17-9-3-10-18-27)21-29(28-19-11-4-12-20-28)31-22-25-13-5-1-6-14-25/h1-20,29,31H,21-24H2. The topological polar surface area (TPSA) is 32.3 Å². The fourth-order valence-electron chi connectivity index (χ4n) is 3.97. The van der Waals surface area contributed by atoms with E-state index < -0.39 is 0 Å². The zero-order valence-corrected chi connectivity index (χ0v) is 18.8. The Morgan fingerprint density at radius 3 is 1.52 bits per heavy atom. The zero-order chi connectivity index (χ0) is 22.7. The first-order valence-electron chi connectivity index (χ1n) is 11.5. The molecule has 1 amide bonds. The molecule has 0 aromatic heterocycles. The summed E-state index contributed by atoms with van der Waals surface area (Å²) in [5.41, 5.74) is 4.60. The number of nitrogens with zero attached hydrogens (tertiary/aromatic N) is 1. The first-order valence-corrected chi connectivity index (χ1v) is 11.5. The average molecular weight is 435 g/mol. The fourth-order valence-corrected chi connectivity index (χ4v) is 3.97. The van der Waals surface area contributed by atoms with Gasteiger partial charge in [-0.05, 0) is 22.3 Å². The van der Waals surface area contributed by atoms with Gasteiger partial charge >= 0.3 is 0 Å². The molecule has 0 radical (unpaired) electrons. The van der Waals surface area contributed by atoms with Gasteiger partial charge in [0.2, 0.25) is 5.91 Å². The number of hydrogen-bond acceptors (Lipinski definition) is 2. The van der Waals surface area contributed by atoms with Gasteiger partial charge in [0.15, 0.2) is 0 Å². The summed E-state index contributed by atoms with van der Waals surface area (Å²) in [6, 6.07) is 40.9.